The van der Waals surface area contributed by atoms with Gasteiger partial charge in [0.1, 0.15) is 12.4 Å². The zero-order valence-electron chi connectivity index (χ0n) is 19.5. The normalized spacial score (nSPS) is 11.1. The van der Waals surface area contributed by atoms with E-state index in [0.29, 0.717) is 12.5 Å². The second-order valence-corrected chi connectivity index (χ2v) is 9.24. The number of aromatic nitrogens is 3. The molecule has 0 radical (unpaired) electrons. The van der Waals surface area contributed by atoms with Gasteiger partial charge in [0.05, 0.1) is 5.75 Å². The van der Waals surface area contributed by atoms with Crippen LogP contribution in [-0.4, -0.2) is 26.4 Å². The van der Waals surface area contributed by atoms with Crippen LogP contribution in [0.5, 0.6) is 5.75 Å². The SMILES string of the molecule is CCc1ccc(OCc2nnc(SCC(=O)Nc3c(C)cccc3C)n2CC(C)C)cc1. The van der Waals surface area contributed by atoms with Gasteiger partial charge >= 0.3 is 0 Å². The largest absolute Gasteiger partial charge is 0.486 e. The number of aryl methyl sites for hydroxylation is 3. The highest BCUT2D eigenvalue weighted by Crippen LogP contribution is 2.23. The van der Waals surface area contributed by atoms with E-state index in [9.17, 15) is 4.79 Å². The first-order chi connectivity index (χ1) is 15.4. The maximum Gasteiger partial charge on any atom is 0.234 e. The van der Waals surface area contributed by atoms with Crippen molar-refractivity contribution in [3.63, 3.8) is 0 Å². The van der Waals surface area contributed by atoms with Gasteiger partial charge in [0.15, 0.2) is 11.0 Å². The molecule has 170 valence electrons. The number of ether oxygens (including phenoxy) is 1. The smallest absolute Gasteiger partial charge is 0.234 e. The highest BCUT2D eigenvalue weighted by atomic mass is 32.2. The average Bonchev–Trinajstić information content (AvgIpc) is 3.14. The average molecular weight is 453 g/mol. The van der Waals surface area contributed by atoms with Crippen molar-refractivity contribution < 1.29 is 9.53 Å². The van der Waals surface area contributed by atoms with E-state index in [1.807, 2.05) is 44.2 Å². The molecule has 1 heterocycles. The molecule has 7 heteroatoms. The molecule has 0 spiro atoms. The molecule has 6 nitrogen and oxygen atoms in total. The first kappa shape index (κ1) is 23.9. The molecule has 0 unspecified atom stereocenters. The van der Waals surface area contributed by atoms with Crippen LogP contribution in [0.3, 0.4) is 0 Å². The summed E-state index contributed by atoms with van der Waals surface area (Å²) in [6.45, 7) is 11.5. The van der Waals surface area contributed by atoms with Gasteiger partial charge in [-0.2, -0.15) is 0 Å². The third-order valence-electron chi connectivity index (χ3n) is 5.12. The Bertz CT molecular complexity index is 1020. The molecule has 1 N–H and O–H groups in total. The van der Waals surface area contributed by atoms with Crippen LogP contribution in [0, 0.1) is 19.8 Å². The van der Waals surface area contributed by atoms with Gasteiger partial charge in [0.25, 0.3) is 0 Å². The first-order valence-corrected chi connectivity index (χ1v) is 12.0. The van der Waals surface area contributed by atoms with Crippen molar-refractivity contribution in [2.75, 3.05) is 11.1 Å². The van der Waals surface area contributed by atoms with Crippen LogP contribution >= 0.6 is 11.8 Å². The van der Waals surface area contributed by atoms with Crippen molar-refractivity contribution in [1.29, 1.82) is 0 Å². The molecule has 1 aromatic heterocycles. The third kappa shape index (κ3) is 6.36. The predicted molar refractivity (Wildman–Crippen MR) is 130 cm³/mol. The van der Waals surface area contributed by atoms with Crippen molar-refractivity contribution in [1.82, 2.24) is 14.8 Å². The molecule has 0 bridgehead atoms. The number of carbonyl (C=O) groups is 1. The molecule has 3 rings (SSSR count). The molecule has 3 aromatic rings. The fourth-order valence-corrected chi connectivity index (χ4v) is 4.13. The van der Waals surface area contributed by atoms with Crippen LogP contribution < -0.4 is 10.1 Å². The number of thioether (sulfide) groups is 1. The summed E-state index contributed by atoms with van der Waals surface area (Å²) in [6, 6.07) is 14.1. The number of carbonyl (C=O) groups excluding carboxylic acids is 1. The molecule has 0 aliphatic heterocycles. The summed E-state index contributed by atoms with van der Waals surface area (Å²) < 4.78 is 8.00. The lowest BCUT2D eigenvalue weighted by Crippen LogP contribution is -2.17. The Balaban J connectivity index is 1.65. The summed E-state index contributed by atoms with van der Waals surface area (Å²) in [5.41, 5.74) is 4.26. The fourth-order valence-electron chi connectivity index (χ4n) is 3.37. The minimum Gasteiger partial charge on any atom is -0.486 e. The van der Waals surface area contributed by atoms with E-state index in [1.165, 1.54) is 17.3 Å². The van der Waals surface area contributed by atoms with Gasteiger partial charge in [-0.25, -0.2) is 0 Å². The Hall–Kier alpha value is -2.80. The Morgan fingerprint density at radius 2 is 1.78 bits per heavy atom. The van der Waals surface area contributed by atoms with Crippen LogP contribution in [0.1, 0.15) is 43.3 Å². The van der Waals surface area contributed by atoms with Crippen LogP contribution in [-0.2, 0) is 24.4 Å². The van der Waals surface area contributed by atoms with Crippen molar-refractivity contribution in [2.24, 2.45) is 5.92 Å². The molecule has 2 aromatic carbocycles. The molecular weight excluding hydrogens is 420 g/mol. The summed E-state index contributed by atoms with van der Waals surface area (Å²) in [4.78, 5) is 12.6. The van der Waals surface area contributed by atoms with E-state index < -0.39 is 0 Å². The number of amides is 1. The van der Waals surface area contributed by atoms with Crippen molar-refractivity contribution in [3.05, 3.63) is 65.0 Å². The summed E-state index contributed by atoms with van der Waals surface area (Å²) in [6.07, 6.45) is 1.00. The Labute approximate surface area is 194 Å². The van der Waals surface area contributed by atoms with Crippen molar-refractivity contribution in [3.8, 4) is 5.75 Å². The summed E-state index contributed by atoms with van der Waals surface area (Å²) in [5.74, 6) is 2.19. The number of anilines is 1. The number of benzene rings is 2. The van der Waals surface area contributed by atoms with E-state index in [1.54, 1.807) is 0 Å². The maximum atomic E-state index is 12.6. The van der Waals surface area contributed by atoms with Crippen LogP contribution in [0.4, 0.5) is 5.69 Å². The van der Waals surface area contributed by atoms with E-state index >= 15 is 0 Å². The lowest BCUT2D eigenvalue weighted by atomic mass is 10.1. The maximum absolute atomic E-state index is 12.6. The van der Waals surface area contributed by atoms with Gasteiger partial charge in [-0.05, 0) is 55.0 Å². The number of rotatable bonds is 10. The van der Waals surface area contributed by atoms with Crippen LogP contribution in [0.2, 0.25) is 0 Å². The predicted octanol–water partition coefficient (Wildman–Crippen LogP) is 5.42. The second kappa shape index (κ2) is 11.2. The van der Waals surface area contributed by atoms with E-state index in [0.717, 1.165) is 46.5 Å². The standard InChI is InChI=1S/C25H32N4O2S/c1-6-20-10-12-21(13-11-20)31-15-22-27-28-25(29(22)14-17(2)3)32-16-23(30)26-24-18(4)8-7-9-19(24)5/h7-13,17H,6,14-16H2,1-5H3,(H,26,30). The summed E-state index contributed by atoms with van der Waals surface area (Å²) in [7, 11) is 0. The molecule has 0 fully saturated rings. The molecule has 0 atom stereocenters. The monoisotopic (exact) mass is 452 g/mol. The Morgan fingerprint density at radius 1 is 1.09 bits per heavy atom. The molecule has 1 amide bonds. The molecule has 0 aliphatic rings. The molecule has 0 saturated heterocycles. The topological polar surface area (TPSA) is 69.0 Å². The molecule has 0 aliphatic carbocycles. The van der Waals surface area contributed by atoms with Gasteiger partial charge in [0.2, 0.25) is 5.91 Å². The number of nitrogens with one attached hydrogen (secondary N) is 1. The number of nitrogens with zero attached hydrogens (tertiary/aromatic N) is 3. The zero-order chi connectivity index (χ0) is 23.1. The number of hydrogen-bond donors (Lipinski definition) is 1. The van der Waals surface area contributed by atoms with E-state index in [2.05, 4.69) is 53.0 Å². The van der Waals surface area contributed by atoms with Crippen LogP contribution in [0.25, 0.3) is 0 Å². The van der Waals surface area contributed by atoms with E-state index in [4.69, 9.17) is 4.74 Å². The van der Waals surface area contributed by atoms with Gasteiger partial charge in [-0.15, -0.1) is 10.2 Å². The van der Waals surface area contributed by atoms with Gasteiger partial charge in [-0.1, -0.05) is 62.9 Å². The second-order valence-electron chi connectivity index (χ2n) is 8.29. The van der Waals surface area contributed by atoms with Crippen molar-refractivity contribution >= 4 is 23.4 Å². The summed E-state index contributed by atoms with van der Waals surface area (Å²) >= 11 is 1.40. The quantitative estimate of drug-likeness (QED) is 0.416. The third-order valence-corrected chi connectivity index (χ3v) is 6.09. The lowest BCUT2D eigenvalue weighted by Gasteiger charge is -2.14. The van der Waals surface area contributed by atoms with Crippen molar-refractivity contribution in [2.45, 2.75) is 59.3 Å². The fraction of sp³-hybridized carbons (Fsp3) is 0.400. The zero-order valence-corrected chi connectivity index (χ0v) is 20.3. The van der Waals surface area contributed by atoms with Gasteiger partial charge in [-0.3, -0.25) is 4.79 Å². The molecule has 0 saturated carbocycles. The van der Waals surface area contributed by atoms with E-state index in [-0.39, 0.29) is 11.7 Å². The molecule has 32 heavy (non-hydrogen) atoms. The van der Waals surface area contributed by atoms with Crippen LogP contribution in [0.15, 0.2) is 47.6 Å². The minimum absolute atomic E-state index is 0.0553. The Kier molecular flexibility index (Phi) is 8.33. The highest BCUT2D eigenvalue weighted by molar-refractivity contribution is 7.99. The molecular formula is C25H32N4O2S. The minimum atomic E-state index is -0.0553. The number of hydrogen-bond acceptors (Lipinski definition) is 5. The lowest BCUT2D eigenvalue weighted by molar-refractivity contribution is -0.113. The van der Waals surface area contributed by atoms with Gasteiger partial charge in [0, 0.05) is 12.2 Å². The highest BCUT2D eigenvalue weighted by Gasteiger charge is 2.16. The summed E-state index contributed by atoms with van der Waals surface area (Å²) in [5, 5.41) is 12.4. The first-order valence-electron chi connectivity index (χ1n) is 11.0. The number of para-hydroxylation sites is 1. The Morgan fingerprint density at radius 3 is 2.41 bits per heavy atom. The van der Waals surface area contributed by atoms with Gasteiger partial charge < -0.3 is 14.6 Å².